The van der Waals surface area contributed by atoms with Crippen LogP contribution in [0.15, 0.2) is 11.6 Å². The van der Waals surface area contributed by atoms with Gasteiger partial charge in [-0.05, 0) is 19.8 Å². The van der Waals surface area contributed by atoms with Crippen molar-refractivity contribution in [3.8, 4) is 0 Å². The van der Waals surface area contributed by atoms with Crippen LogP contribution >= 0.6 is 0 Å². The van der Waals surface area contributed by atoms with Crippen LogP contribution in [0.25, 0.3) is 0 Å². The fourth-order valence-corrected chi connectivity index (χ4v) is 1.09. The Morgan fingerprint density at radius 2 is 2.56 bits per heavy atom. The zero-order chi connectivity index (χ0) is 6.69. The number of rotatable bonds is 1. The molecule has 1 rings (SSSR count). The van der Waals surface area contributed by atoms with E-state index in [1.54, 1.807) is 0 Å². The van der Waals surface area contributed by atoms with E-state index in [1.807, 2.05) is 0 Å². The van der Waals surface area contributed by atoms with E-state index in [9.17, 15) is 0 Å². The van der Waals surface area contributed by atoms with Gasteiger partial charge in [0, 0.05) is 0 Å². The largest absolute Gasteiger partial charge is 0.374 e. The molecule has 1 unspecified atom stereocenters. The van der Waals surface area contributed by atoms with E-state index in [0.29, 0.717) is 6.10 Å². The SMILES string of the molecule is CCC1CC(C)=CCO1. The minimum atomic E-state index is 0.495. The molecule has 1 heteroatoms. The summed E-state index contributed by atoms with van der Waals surface area (Å²) in [5.41, 5.74) is 1.48. The molecule has 0 aromatic carbocycles. The fourth-order valence-electron chi connectivity index (χ4n) is 1.09. The second-order valence-corrected chi connectivity index (χ2v) is 2.62. The van der Waals surface area contributed by atoms with Gasteiger partial charge in [-0.2, -0.15) is 0 Å². The lowest BCUT2D eigenvalue weighted by Gasteiger charge is -2.19. The molecule has 52 valence electrons. The number of hydrogen-bond acceptors (Lipinski definition) is 1. The molecule has 0 saturated carbocycles. The molecule has 1 aliphatic heterocycles. The summed E-state index contributed by atoms with van der Waals surface area (Å²) in [6.45, 7) is 5.17. The molecule has 0 fully saturated rings. The first kappa shape index (κ1) is 6.81. The number of ether oxygens (including phenoxy) is 1. The Morgan fingerprint density at radius 1 is 1.78 bits per heavy atom. The van der Waals surface area contributed by atoms with E-state index in [0.717, 1.165) is 19.4 Å². The summed E-state index contributed by atoms with van der Waals surface area (Å²) in [5.74, 6) is 0. The lowest BCUT2D eigenvalue weighted by Crippen LogP contribution is -2.16. The Morgan fingerprint density at radius 3 is 3.00 bits per heavy atom. The van der Waals surface area contributed by atoms with Gasteiger partial charge in [-0.25, -0.2) is 0 Å². The first-order valence-corrected chi connectivity index (χ1v) is 3.60. The van der Waals surface area contributed by atoms with Crippen LogP contribution in [0.3, 0.4) is 0 Å². The van der Waals surface area contributed by atoms with Crippen LogP contribution < -0.4 is 0 Å². The van der Waals surface area contributed by atoms with E-state index in [-0.39, 0.29) is 0 Å². The molecular weight excluding hydrogens is 112 g/mol. The molecule has 1 aliphatic rings. The summed E-state index contributed by atoms with van der Waals surface area (Å²) in [5, 5.41) is 0. The molecule has 0 aromatic heterocycles. The van der Waals surface area contributed by atoms with Gasteiger partial charge >= 0.3 is 0 Å². The Bertz CT molecular complexity index is 116. The van der Waals surface area contributed by atoms with E-state index < -0.39 is 0 Å². The van der Waals surface area contributed by atoms with Gasteiger partial charge in [-0.3, -0.25) is 0 Å². The van der Waals surface area contributed by atoms with Crippen LogP contribution in [0.5, 0.6) is 0 Å². The first-order chi connectivity index (χ1) is 4.33. The highest BCUT2D eigenvalue weighted by Crippen LogP contribution is 2.15. The van der Waals surface area contributed by atoms with Crippen molar-refractivity contribution in [2.24, 2.45) is 0 Å². The van der Waals surface area contributed by atoms with Crippen molar-refractivity contribution in [2.75, 3.05) is 6.61 Å². The molecular formula is C8H14O. The van der Waals surface area contributed by atoms with Gasteiger partial charge in [-0.15, -0.1) is 0 Å². The molecule has 0 aromatic rings. The monoisotopic (exact) mass is 126 g/mol. The second kappa shape index (κ2) is 3.02. The maximum absolute atomic E-state index is 5.42. The summed E-state index contributed by atoms with van der Waals surface area (Å²) in [4.78, 5) is 0. The molecule has 0 amide bonds. The maximum atomic E-state index is 5.42. The van der Waals surface area contributed by atoms with E-state index in [2.05, 4.69) is 19.9 Å². The molecule has 0 radical (unpaired) electrons. The highest BCUT2D eigenvalue weighted by atomic mass is 16.5. The Kier molecular flexibility index (Phi) is 2.29. The number of hydrogen-bond donors (Lipinski definition) is 0. The predicted molar refractivity (Wildman–Crippen MR) is 38.4 cm³/mol. The van der Waals surface area contributed by atoms with Gasteiger partial charge in [0.25, 0.3) is 0 Å². The lowest BCUT2D eigenvalue weighted by molar-refractivity contribution is 0.0619. The van der Waals surface area contributed by atoms with Gasteiger partial charge in [0.2, 0.25) is 0 Å². The third-order valence-electron chi connectivity index (χ3n) is 1.77. The van der Waals surface area contributed by atoms with Gasteiger partial charge in [0.05, 0.1) is 12.7 Å². The summed E-state index contributed by atoms with van der Waals surface area (Å²) < 4.78 is 5.42. The van der Waals surface area contributed by atoms with Crippen LogP contribution in [0.4, 0.5) is 0 Å². The minimum absolute atomic E-state index is 0.495. The summed E-state index contributed by atoms with van der Waals surface area (Å²) in [6, 6.07) is 0. The van der Waals surface area contributed by atoms with Crippen LogP contribution in [-0.4, -0.2) is 12.7 Å². The van der Waals surface area contributed by atoms with Crippen LogP contribution in [-0.2, 0) is 4.74 Å². The van der Waals surface area contributed by atoms with Gasteiger partial charge in [0.15, 0.2) is 0 Å². The van der Waals surface area contributed by atoms with Gasteiger partial charge in [-0.1, -0.05) is 18.6 Å². The topological polar surface area (TPSA) is 9.23 Å². The molecule has 0 saturated heterocycles. The Hall–Kier alpha value is -0.300. The Balaban J connectivity index is 2.39. The van der Waals surface area contributed by atoms with Crippen molar-refractivity contribution in [3.05, 3.63) is 11.6 Å². The van der Waals surface area contributed by atoms with E-state index >= 15 is 0 Å². The molecule has 0 spiro atoms. The molecule has 1 heterocycles. The van der Waals surface area contributed by atoms with E-state index in [4.69, 9.17) is 4.74 Å². The zero-order valence-electron chi connectivity index (χ0n) is 6.18. The summed E-state index contributed by atoms with van der Waals surface area (Å²) >= 11 is 0. The van der Waals surface area contributed by atoms with Crippen LogP contribution in [0.2, 0.25) is 0 Å². The lowest BCUT2D eigenvalue weighted by atomic mass is 10.1. The highest BCUT2D eigenvalue weighted by Gasteiger charge is 2.09. The van der Waals surface area contributed by atoms with E-state index in [1.165, 1.54) is 5.57 Å². The van der Waals surface area contributed by atoms with Crippen molar-refractivity contribution in [1.29, 1.82) is 0 Å². The van der Waals surface area contributed by atoms with Crippen molar-refractivity contribution in [3.63, 3.8) is 0 Å². The zero-order valence-corrected chi connectivity index (χ0v) is 6.18. The van der Waals surface area contributed by atoms with Crippen molar-refractivity contribution in [2.45, 2.75) is 32.8 Å². The summed E-state index contributed by atoms with van der Waals surface area (Å²) in [7, 11) is 0. The molecule has 1 nitrogen and oxygen atoms in total. The third kappa shape index (κ3) is 1.83. The van der Waals surface area contributed by atoms with Crippen LogP contribution in [0, 0.1) is 0 Å². The second-order valence-electron chi connectivity index (χ2n) is 2.62. The van der Waals surface area contributed by atoms with Gasteiger partial charge in [0.1, 0.15) is 0 Å². The normalized spacial score (nSPS) is 27.8. The molecule has 0 bridgehead atoms. The minimum Gasteiger partial charge on any atom is -0.374 e. The van der Waals surface area contributed by atoms with Crippen molar-refractivity contribution in [1.82, 2.24) is 0 Å². The molecule has 9 heavy (non-hydrogen) atoms. The third-order valence-corrected chi connectivity index (χ3v) is 1.77. The molecule has 0 N–H and O–H groups in total. The standard InChI is InChI=1S/C8H14O/c1-3-8-6-7(2)4-5-9-8/h4,8H,3,5-6H2,1-2H3. The molecule has 0 aliphatic carbocycles. The van der Waals surface area contributed by atoms with Gasteiger partial charge < -0.3 is 4.74 Å². The smallest absolute Gasteiger partial charge is 0.0653 e. The van der Waals surface area contributed by atoms with Crippen molar-refractivity contribution >= 4 is 0 Å². The maximum Gasteiger partial charge on any atom is 0.0653 e. The fraction of sp³-hybridized carbons (Fsp3) is 0.750. The van der Waals surface area contributed by atoms with Crippen molar-refractivity contribution < 1.29 is 4.74 Å². The highest BCUT2D eigenvalue weighted by molar-refractivity contribution is 5.02. The quantitative estimate of drug-likeness (QED) is 0.489. The average Bonchev–Trinajstić information content (AvgIpc) is 1.88. The Labute approximate surface area is 56.7 Å². The first-order valence-electron chi connectivity index (χ1n) is 3.60. The molecule has 1 atom stereocenters. The predicted octanol–water partition coefficient (Wildman–Crippen LogP) is 2.13. The average molecular weight is 126 g/mol. The summed E-state index contributed by atoms with van der Waals surface area (Å²) in [6.07, 6.45) is 4.93. The van der Waals surface area contributed by atoms with Crippen LogP contribution in [0.1, 0.15) is 26.7 Å².